The second-order valence-electron chi connectivity index (χ2n) is 3.08. The molecule has 0 aliphatic heterocycles. The number of nitrogens with one attached hydrogen (secondary N) is 1. The summed E-state index contributed by atoms with van der Waals surface area (Å²) in [7, 11) is 1.64. The topological polar surface area (TPSA) is 45.0 Å². The minimum atomic E-state index is -0.491. The first kappa shape index (κ1) is 11.5. The predicted molar refractivity (Wildman–Crippen MR) is 56.1 cm³/mol. The van der Waals surface area contributed by atoms with E-state index in [1.54, 1.807) is 19.2 Å². The monoisotopic (exact) mass is 208 g/mol. The first-order valence-corrected chi connectivity index (χ1v) is 4.70. The lowest BCUT2D eigenvalue weighted by Gasteiger charge is -2.06. The highest BCUT2D eigenvalue weighted by Crippen LogP contribution is 2.13. The molecule has 0 saturated heterocycles. The zero-order chi connectivity index (χ0) is 11.1. The van der Waals surface area contributed by atoms with Crippen LogP contribution in [0.25, 0.3) is 0 Å². The van der Waals surface area contributed by atoms with Gasteiger partial charge >= 0.3 is 0 Å². The van der Waals surface area contributed by atoms with Crippen LogP contribution in [-0.2, 0) is 4.74 Å². The van der Waals surface area contributed by atoms with E-state index in [2.05, 4.69) is 5.32 Å². The van der Waals surface area contributed by atoms with Gasteiger partial charge < -0.3 is 10.1 Å². The molecule has 0 bridgehead atoms. The molecule has 1 aromatic carbocycles. The maximum Gasteiger partial charge on any atom is 0.143 e. The van der Waals surface area contributed by atoms with Crippen LogP contribution in [0.4, 0.5) is 10.1 Å². The number of methoxy groups -OCH3 is 1. The first-order valence-electron chi connectivity index (χ1n) is 4.70. The van der Waals surface area contributed by atoms with Crippen molar-refractivity contribution in [1.29, 1.82) is 5.26 Å². The van der Waals surface area contributed by atoms with Crippen molar-refractivity contribution in [2.75, 3.05) is 25.6 Å². The van der Waals surface area contributed by atoms with Crippen molar-refractivity contribution in [3.05, 3.63) is 29.6 Å². The molecule has 3 nitrogen and oxygen atoms in total. The molecule has 1 N–H and O–H groups in total. The van der Waals surface area contributed by atoms with Gasteiger partial charge in [0, 0.05) is 25.9 Å². The first-order chi connectivity index (χ1) is 7.27. The molecule has 1 aromatic rings. The molecule has 4 heteroatoms. The highest BCUT2D eigenvalue weighted by atomic mass is 19.1. The Bertz CT molecular complexity index is 360. The third-order valence-electron chi connectivity index (χ3n) is 1.94. The molecule has 0 aromatic heterocycles. The summed E-state index contributed by atoms with van der Waals surface area (Å²) in [6.45, 7) is 1.39. The van der Waals surface area contributed by atoms with E-state index in [4.69, 9.17) is 10.00 Å². The maximum atomic E-state index is 13.1. The van der Waals surface area contributed by atoms with Gasteiger partial charge in [0.05, 0.1) is 5.56 Å². The Kier molecular flexibility index (Phi) is 4.58. The van der Waals surface area contributed by atoms with Crippen LogP contribution in [0.1, 0.15) is 12.0 Å². The van der Waals surface area contributed by atoms with Crippen molar-refractivity contribution in [3.8, 4) is 6.07 Å². The predicted octanol–water partition coefficient (Wildman–Crippen LogP) is 2.15. The fourth-order valence-corrected chi connectivity index (χ4v) is 1.16. The van der Waals surface area contributed by atoms with Gasteiger partial charge in [0.15, 0.2) is 0 Å². The van der Waals surface area contributed by atoms with Crippen molar-refractivity contribution in [3.63, 3.8) is 0 Å². The molecule has 0 fully saturated rings. The van der Waals surface area contributed by atoms with E-state index in [9.17, 15) is 4.39 Å². The molecule has 0 aliphatic carbocycles. The van der Waals surface area contributed by atoms with E-state index in [1.165, 1.54) is 12.1 Å². The van der Waals surface area contributed by atoms with E-state index < -0.39 is 5.82 Å². The van der Waals surface area contributed by atoms with E-state index in [1.807, 2.05) is 0 Å². The Morgan fingerprint density at radius 1 is 1.53 bits per heavy atom. The van der Waals surface area contributed by atoms with Crippen LogP contribution in [-0.4, -0.2) is 20.3 Å². The van der Waals surface area contributed by atoms with Crippen molar-refractivity contribution in [2.24, 2.45) is 0 Å². The van der Waals surface area contributed by atoms with Gasteiger partial charge in [-0.15, -0.1) is 0 Å². The van der Waals surface area contributed by atoms with Gasteiger partial charge in [-0.1, -0.05) is 0 Å². The molecule has 0 radical (unpaired) electrons. The minimum absolute atomic E-state index is 0.0671. The van der Waals surface area contributed by atoms with E-state index in [0.29, 0.717) is 12.3 Å². The zero-order valence-corrected chi connectivity index (χ0v) is 8.59. The normalized spacial score (nSPS) is 9.67. The van der Waals surface area contributed by atoms with Crippen LogP contribution in [0.2, 0.25) is 0 Å². The summed E-state index contributed by atoms with van der Waals surface area (Å²) in [6.07, 6.45) is 0.859. The highest BCUT2D eigenvalue weighted by molar-refractivity contribution is 5.47. The van der Waals surface area contributed by atoms with Gasteiger partial charge in [0.25, 0.3) is 0 Å². The molecule has 0 atom stereocenters. The lowest BCUT2D eigenvalue weighted by molar-refractivity contribution is 0.198. The Morgan fingerprint density at radius 3 is 2.93 bits per heavy atom. The Balaban J connectivity index is 2.49. The van der Waals surface area contributed by atoms with Crippen LogP contribution in [0.3, 0.4) is 0 Å². The highest BCUT2D eigenvalue weighted by Gasteiger charge is 2.01. The molecular formula is C11H13FN2O. The second kappa shape index (κ2) is 5.99. The van der Waals surface area contributed by atoms with Crippen LogP contribution < -0.4 is 5.32 Å². The molecular weight excluding hydrogens is 195 g/mol. The standard InChI is InChI=1S/C11H13FN2O/c1-15-6-2-5-14-10-4-3-9(8-13)11(12)7-10/h3-4,7,14H,2,5-6H2,1H3. The number of benzene rings is 1. The number of anilines is 1. The molecule has 15 heavy (non-hydrogen) atoms. The number of nitriles is 1. The Morgan fingerprint density at radius 2 is 2.33 bits per heavy atom. The summed E-state index contributed by atoms with van der Waals surface area (Å²) in [5, 5.41) is 11.6. The van der Waals surface area contributed by atoms with Crippen LogP contribution in [0.5, 0.6) is 0 Å². The molecule has 0 saturated carbocycles. The summed E-state index contributed by atoms with van der Waals surface area (Å²) in [4.78, 5) is 0. The third kappa shape index (κ3) is 3.56. The van der Waals surface area contributed by atoms with E-state index >= 15 is 0 Å². The number of nitrogens with zero attached hydrogens (tertiary/aromatic N) is 1. The molecule has 0 unspecified atom stereocenters. The third-order valence-corrected chi connectivity index (χ3v) is 1.94. The molecule has 80 valence electrons. The average molecular weight is 208 g/mol. The molecule has 1 rings (SSSR count). The lowest BCUT2D eigenvalue weighted by Crippen LogP contribution is -2.04. The maximum absolute atomic E-state index is 13.1. The summed E-state index contributed by atoms with van der Waals surface area (Å²) in [5.74, 6) is -0.491. The van der Waals surface area contributed by atoms with Crippen molar-refractivity contribution in [1.82, 2.24) is 0 Å². The van der Waals surface area contributed by atoms with Gasteiger partial charge in [-0.25, -0.2) is 4.39 Å². The summed E-state index contributed by atoms with van der Waals surface area (Å²) in [6, 6.07) is 6.26. The van der Waals surface area contributed by atoms with Gasteiger partial charge in [-0.05, 0) is 24.6 Å². The fraction of sp³-hybridized carbons (Fsp3) is 0.364. The van der Waals surface area contributed by atoms with Crippen LogP contribution in [0, 0.1) is 17.1 Å². The largest absolute Gasteiger partial charge is 0.385 e. The van der Waals surface area contributed by atoms with Crippen molar-refractivity contribution >= 4 is 5.69 Å². The number of halogens is 1. The number of ether oxygens (including phenoxy) is 1. The summed E-state index contributed by atoms with van der Waals surface area (Å²) < 4.78 is 18.0. The average Bonchev–Trinajstić information content (AvgIpc) is 2.25. The quantitative estimate of drug-likeness (QED) is 0.754. The molecule has 0 spiro atoms. The fourth-order valence-electron chi connectivity index (χ4n) is 1.16. The number of hydrogen-bond donors (Lipinski definition) is 1. The van der Waals surface area contributed by atoms with Crippen LogP contribution in [0.15, 0.2) is 18.2 Å². The van der Waals surface area contributed by atoms with Crippen molar-refractivity contribution in [2.45, 2.75) is 6.42 Å². The minimum Gasteiger partial charge on any atom is -0.385 e. The molecule has 0 heterocycles. The zero-order valence-electron chi connectivity index (χ0n) is 8.59. The molecule has 0 amide bonds. The van der Waals surface area contributed by atoms with Gasteiger partial charge in [0.1, 0.15) is 11.9 Å². The van der Waals surface area contributed by atoms with Crippen LogP contribution >= 0.6 is 0 Å². The van der Waals surface area contributed by atoms with Gasteiger partial charge in [-0.2, -0.15) is 5.26 Å². The van der Waals surface area contributed by atoms with Gasteiger partial charge in [-0.3, -0.25) is 0 Å². The van der Waals surface area contributed by atoms with Gasteiger partial charge in [0.2, 0.25) is 0 Å². The summed E-state index contributed by atoms with van der Waals surface area (Å²) in [5.41, 5.74) is 0.750. The Labute approximate surface area is 88.5 Å². The summed E-state index contributed by atoms with van der Waals surface area (Å²) >= 11 is 0. The number of hydrogen-bond acceptors (Lipinski definition) is 3. The smallest absolute Gasteiger partial charge is 0.143 e. The number of rotatable bonds is 5. The lowest BCUT2D eigenvalue weighted by atomic mass is 10.2. The van der Waals surface area contributed by atoms with E-state index in [0.717, 1.165) is 13.0 Å². The van der Waals surface area contributed by atoms with E-state index in [-0.39, 0.29) is 5.56 Å². The SMILES string of the molecule is COCCCNc1ccc(C#N)c(F)c1. The molecule has 0 aliphatic rings. The Hall–Kier alpha value is -1.60. The van der Waals surface area contributed by atoms with Crippen molar-refractivity contribution < 1.29 is 9.13 Å². The second-order valence-corrected chi connectivity index (χ2v) is 3.08.